The number of nitrogens with zero attached hydrogens (tertiary/aromatic N) is 1. The van der Waals surface area contributed by atoms with Crippen LogP contribution in [-0.4, -0.2) is 80.7 Å². The first kappa shape index (κ1) is 31.8. The quantitative estimate of drug-likeness (QED) is 0.437. The van der Waals surface area contributed by atoms with Crippen molar-refractivity contribution in [1.29, 1.82) is 0 Å². The normalized spacial score (nSPS) is 16.6. The minimum atomic E-state index is -1.17. The zero-order valence-electron chi connectivity index (χ0n) is 25.6. The van der Waals surface area contributed by atoms with Crippen molar-refractivity contribution in [2.75, 3.05) is 52.5 Å². The number of hydrogen-bond acceptors (Lipinski definition) is 9. The van der Waals surface area contributed by atoms with E-state index >= 15 is 0 Å². The molecule has 3 aromatic rings. The molecule has 6 bridgehead atoms. The Bertz CT molecular complexity index is 1520. The lowest BCUT2D eigenvalue weighted by molar-refractivity contribution is -0.145. The molecular weight excluding hydrogens is 598 g/mol. The second kappa shape index (κ2) is 14.5. The summed E-state index contributed by atoms with van der Waals surface area (Å²) in [5.74, 6) is 2.66. The molecule has 7 aliphatic rings. The average molecular weight is 636 g/mol. The van der Waals surface area contributed by atoms with Crippen LogP contribution >= 0.6 is 11.8 Å². The van der Waals surface area contributed by atoms with Crippen LogP contribution in [0.2, 0.25) is 0 Å². The van der Waals surface area contributed by atoms with Crippen molar-refractivity contribution in [2.24, 2.45) is 0 Å². The van der Waals surface area contributed by atoms with Crippen LogP contribution in [0.4, 0.5) is 0 Å². The first-order valence-corrected chi connectivity index (χ1v) is 16.0. The molecule has 238 valence electrons. The van der Waals surface area contributed by atoms with Crippen molar-refractivity contribution in [2.45, 2.75) is 25.0 Å². The molecule has 45 heavy (non-hydrogen) atoms. The summed E-state index contributed by atoms with van der Waals surface area (Å²) in [6, 6.07) is 17.3. The molecule has 0 radical (unpaired) electrons. The van der Waals surface area contributed by atoms with Crippen LogP contribution in [-0.2, 0) is 16.1 Å². The van der Waals surface area contributed by atoms with E-state index < -0.39 is 5.60 Å². The average Bonchev–Trinajstić information content (AvgIpc) is 3.06. The van der Waals surface area contributed by atoms with Crippen molar-refractivity contribution < 1.29 is 38.1 Å². The van der Waals surface area contributed by atoms with Crippen LogP contribution in [0, 0.1) is 0 Å². The van der Waals surface area contributed by atoms with Gasteiger partial charge in [0.25, 0.3) is 11.8 Å². The molecule has 0 aromatic heterocycles. The number of benzene rings is 3. The zero-order valence-corrected chi connectivity index (χ0v) is 26.4. The van der Waals surface area contributed by atoms with Crippen LogP contribution in [0.3, 0.4) is 0 Å². The van der Waals surface area contributed by atoms with Gasteiger partial charge in [-0.3, -0.25) is 14.4 Å². The predicted octanol–water partition coefficient (Wildman–Crippen LogP) is 4.04. The van der Waals surface area contributed by atoms with E-state index in [9.17, 15) is 14.4 Å². The van der Waals surface area contributed by atoms with E-state index in [0.717, 1.165) is 5.56 Å². The summed E-state index contributed by atoms with van der Waals surface area (Å²) in [4.78, 5) is 41.0. The van der Waals surface area contributed by atoms with Gasteiger partial charge >= 0.3 is 0 Å². The standard InChI is InChI=1S/C33H37N3O8S/c1-40-28-18-22-4-10-26(28)43-27-11-5-23(19-29(27)41-2)31(38)34-14-17-42-24-6-8-25(9-7-24)44-33(32(39)35-20-22)12-15-36(16-13-33)30(37)21-45-3/h4-11,18-19H,12-17,20-21H2,1-3H3,(H,34,38)(H,35,39). The monoisotopic (exact) mass is 635 g/mol. The fraction of sp³-hybridized carbons (Fsp3) is 0.364. The molecule has 0 unspecified atom stereocenters. The number of amides is 3. The van der Waals surface area contributed by atoms with Gasteiger partial charge in [0.1, 0.15) is 18.1 Å². The van der Waals surface area contributed by atoms with E-state index in [4.69, 9.17) is 23.7 Å². The van der Waals surface area contributed by atoms with E-state index in [1.165, 1.54) is 26.0 Å². The summed E-state index contributed by atoms with van der Waals surface area (Å²) < 4.78 is 29.5. The van der Waals surface area contributed by atoms with E-state index in [-0.39, 0.29) is 37.4 Å². The van der Waals surface area contributed by atoms with E-state index in [2.05, 4.69) is 10.6 Å². The number of carbonyl (C=O) groups is 3. The Balaban J connectivity index is 1.43. The van der Waals surface area contributed by atoms with Crippen molar-refractivity contribution in [1.82, 2.24) is 15.5 Å². The van der Waals surface area contributed by atoms with E-state index in [0.29, 0.717) is 71.7 Å². The number of ether oxygens (including phenoxy) is 5. The van der Waals surface area contributed by atoms with Gasteiger partial charge in [-0.25, -0.2) is 0 Å². The molecular formula is C33H37N3O8S. The lowest BCUT2D eigenvalue weighted by Crippen LogP contribution is -2.58. The Hall–Kier alpha value is -4.58. The molecule has 0 saturated carbocycles. The summed E-state index contributed by atoms with van der Waals surface area (Å²) in [6.45, 7) is 1.55. The van der Waals surface area contributed by atoms with Gasteiger partial charge < -0.3 is 39.2 Å². The number of carbonyl (C=O) groups excluding carboxylic acids is 3. The Morgan fingerprint density at radius 1 is 0.911 bits per heavy atom. The highest BCUT2D eigenvalue weighted by Crippen LogP contribution is 2.38. The van der Waals surface area contributed by atoms with Crippen LogP contribution in [0.15, 0.2) is 60.7 Å². The number of thioether (sulfide) groups is 1. The lowest BCUT2D eigenvalue weighted by atomic mass is 9.89. The first-order valence-electron chi connectivity index (χ1n) is 14.6. The molecule has 1 fully saturated rings. The lowest BCUT2D eigenvalue weighted by Gasteiger charge is -2.40. The van der Waals surface area contributed by atoms with Gasteiger partial charge in [-0.2, -0.15) is 11.8 Å². The van der Waals surface area contributed by atoms with Crippen LogP contribution < -0.4 is 34.3 Å². The number of hydrogen-bond donors (Lipinski definition) is 2. The zero-order chi connectivity index (χ0) is 31.8. The molecule has 0 atom stereocenters. The fourth-order valence-electron chi connectivity index (χ4n) is 5.23. The van der Waals surface area contributed by atoms with E-state index in [1.54, 1.807) is 59.5 Å². The van der Waals surface area contributed by atoms with Gasteiger partial charge in [0.05, 0.1) is 26.5 Å². The topological polar surface area (TPSA) is 125 Å². The third kappa shape index (κ3) is 7.56. The Morgan fingerprint density at radius 3 is 2.27 bits per heavy atom. The van der Waals surface area contributed by atoms with Gasteiger partial charge in [-0.15, -0.1) is 0 Å². The molecule has 7 heterocycles. The number of nitrogens with one attached hydrogen (secondary N) is 2. The maximum Gasteiger partial charge on any atom is 0.264 e. The summed E-state index contributed by atoms with van der Waals surface area (Å²) in [5.41, 5.74) is 0.0213. The molecule has 1 spiro atoms. The maximum atomic E-state index is 13.8. The van der Waals surface area contributed by atoms with E-state index in [1.807, 2.05) is 12.3 Å². The molecule has 12 heteroatoms. The Kier molecular flexibility index (Phi) is 10.2. The third-order valence-electron chi connectivity index (χ3n) is 7.73. The minimum Gasteiger partial charge on any atom is -0.493 e. The van der Waals surface area contributed by atoms with Crippen LogP contribution in [0.5, 0.6) is 34.5 Å². The Labute approximate surface area is 266 Å². The van der Waals surface area contributed by atoms with Crippen molar-refractivity contribution in [3.8, 4) is 34.5 Å². The molecule has 1 saturated heterocycles. The second-order valence-corrected chi connectivity index (χ2v) is 11.5. The SMILES string of the molecule is COc1cc2ccc1Oc1ccc(cc1OC)C(=O)NCCOc1ccc(cc1)OC1(CCN(C(=O)CSC)CC1)C(=O)NC2. The highest BCUT2D eigenvalue weighted by atomic mass is 32.2. The summed E-state index contributed by atoms with van der Waals surface area (Å²) in [6.07, 6.45) is 2.57. The molecule has 11 nitrogen and oxygen atoms in total. The third-order valence-corrected chi connectivity index (χ3v) is 8.26. The summed E-state index contributed by atoms with van der Waals surface area (Å²) >= 11 is 1.48. The summed E-state index contributed by atoms with van der Waals surface area (Å²) in [5, 5.41) is 5.89. The van der Waals surface area contributed by atoms with Crippen molar-refractivity contribution >= 4 is 29.5 Å². The minimum absolute atomic E-state index is 0.0486. The van der Waals surface area contributed by atoms with Gasteiger partial charge in [-0.1, -0.05) is 6.07 Å². The number of piperidine rings is 1. The first-order chi connectivity index (χ1) is 21.8. The van der Waals surface area contributed by atoms with Gasteiger partial charge in [-0.05, 0) is 66.4 Å². The molecule has 2 N–H and O–H groups in total. The second-order valence-electron chi connectivity index (χ2n) is 10.6. The highest BCUT2D eigenvalue weighted by Gasteiger charge is 2.44. The molecule has 7 aliphatic heterocycles. The molecule has 3 aromatic carbocycles. The van der Waals surface area contributed by atoms with Crippen LogP contribution in [0.25, 0.3) is 0 Å². The Morgan fingerprint density at radius 2 is 1.58 bits per heavy atom. The van der Waals surface area contributed by atoms with Crippen molar-refractivity contribution in [3.63, 3.8) is 0 Å². The number of methoxy groups -OCH3 is 2. The van der Waals surface area contributed by atoms with Crippen LogP contribution in [0.1, 0.15) is 28.8 Å². The van der Waals surface area contributed by atoms with Gasteiger partial charge in [0.15, 0.2) is 28.6 Å². The van der Waals surface area contributed by atoms with Gasteiger partial charge in [0, 0.05) is 38.0 Å². The largest absolute Gasteiger partial charge is 0.493 e. The number of rotatable bonds is 4. The molecule has 10 rings (SSSR count). The number of likely N-dealkylation sites (tertiary alicyclic amines) is 1. The maximum absolute atomic E-state index is 13.8. The highest BCUT2D eigenvalue weighted by molar-refractivity contribution is 7.99. The summed E-state index contributed by atoms with van der Waals surface area (Å²) in [7, 11) is 3.03. The molecule has 0 aliphatic carbocycles. The van der Waals surface area contributed by atoms with Gasteiger partial charge in [0.2, 0.25) is 5.91 Å². The van der Waals surface area contributed by atoms with Crippen molar-refractivity contribution in [3.05, 3.63) is 71.8 Å². The smallest absolute Gasteiger partial charge is 0.264 e. The predicted molar refractivity (Wildman–Crippen MR) is 170 cm³/mol. The molecule has 3 amide bonds. The fourth-order valence-corrected chi connectivity index (χ4v) is 5.66.